The number of amides is 1. The Kier molecular flexibility index (Phi) is 7.80. The normalized spacial score (nSPS) is 10.2. The molecule has 0 saturated carbocycles. The van der Waals surface area contributed by atoms with Gasteiger partial charge >= 0.3 is 0 Å². The number of hydrogen-bond donors (Lipinski definition) is 3. The van der Waals surface area contributed by atoms with Gasteiger partial charge in [-0.25, -0.2) is 0 Å². The highest BCUT2D eigenvalue weighted by molar-refractivity contribution is 7.80. The fourth-order valence-corrected chi connectivity index (χ4v) is 2.78. The van der Waals surface area contributed by atoms with Crippen molar-refractivity contribution < 1.29 is 19.6 Å². The van der Waals surface area contributed by atoms with Gasteiger partial charge < -0.3 is 20.5 Å². The molecule has 3 N–H and O–H groups in total. The zero-order valence-electron chi connectivity index (χ0n) is 14.3. The van der Waals surface area contributed by atoms with Gasteiger partial charge in [0.15, 0.2) is 5.11 Å². The number of phenols is 1. The van der Waals surface area contributed by atoms with E-state index in [1.807, 2.05) is 0 Å². The molecule has 11 heteroatoms. The van der Waals surface area contributed by atoms with Crippen molar-refractivity contribution in [3.63, 3.8) is 0 Å². The Bertz CT molecular complexity index is 910. The van der Waals surface area contributed by atoms with Gasteiger partial charge in [0.25, 0.3) is 5.69 Å². The molecule has 0 atom stereocenters. The predicted molar refractivity (Wildman–Crippen MR) is 110 cm³/mol. The smallest absolute Gasteiger partial charge is 0.273 e. The largest absolute Gasteiger partial charge is 0.506 e. The second-order valence-corrected chi connectivity index (χ2v) is 6.74. The molecule has 0 aromatic heterocycles. The first-order chi connectivity index (χ1) is 13.3. The maximum Gasteiger partial charge on any atom is 0.273 e. The number of nitro groups is 1. The van der Waals surface area contributed by atoms with Crippen LogP contribution in [0.15, 0.2) is 36.4 Å². The summed E-state index contributed by atoms with van der Waals surface area (Å²) >= 11 is 16.8. The van der Waals surface area contributed by atoms with E-state index in [2.05, 4.69) is 10.6 Å². The molecule has 0 aliphatic rings. The molecule has 8 nitrogen and oxygen atoms in total. The summed E-state index contributed by atoms with van der Waals surface area (Å²) in [7, 11) is 0. The summed E-state index contributed by atoms with van der Waals surface area (Å²) in [5.74, 6) is -0.249. The Morgan fingerprint density at radius 2 is 2.00 bits per heavy atom. The van der Waals surface area contributed by atoms with E-state index in [0.717, 1.165) is 6.07 Å². The lowest BCUT2D eigenvalue weighted by Crippen LogP contribution is -2.34. The molecule has 2 aromatic carbocycles. The van der Waals surface area contributed by atoms with E-state index >= 15 is 0 Å². The third-order valence-electron chi connectivity index (χ3n) is 3.39. The second kappa shape index (κ2) is 10.1. The first-order valence-electron chi connectivity index (χ1n) is 7.92. The Hall–Kier alpha value is -2.62. The summed E-state index contributed by atoms with van der Waals surface area (Å²) in [6, 6.07) is 8.31. The van der Waals surface area contributed by atoms with Crippen molar-refractivity contribution in [2.75, 3.05) is 11.9 Å². The van der Waals surface area contributed by atoms with Crippen LogP contribution < -0.4 is 15.4 Å². The molecule has 2 rings (SSSR count). The number of rotatable bonds is 7. The maximum absolute atomic E-state index is 11.9. The molecule has 1 amide bonds. The fraction of sp³-hybridized carbons (Fsp3) is 0.176. The number of thiocarbonyl (C=S) groups is 1. The number of halogens is 2. The van der Waals surface area contributed by atoms with Crippen LogP contribution in [-0.4, -0.2) is 27.7 Å². The Balaban J connectivity index is 1.75. The van der Waals surface area contributed by atoms with Crippen molar-refractivity contribution in [1.29, 1.82) is 0 Å². The number of nitrogens with one attached hydrogen (secondary N) is 2. The number of ether oxygens (including phenoxy) is 1. The van der Waals surface area contributed by atoms with Gasteiger partial charge in [0, 0.05) is 17.5 Å². The van der Waals surface area contributed by atoms with Gasteiger partial charge in [-0.2, -0.15) is 0 Å². The van der Waals surface area contributed by atoms with Crippen LogP contribution in [0.5, 0.6) is 11.5 Å². The molecule has 0 heterocycles. The third kappa shape index (κ3) is 6.52. The van der Waals surface area contributed by atoms with Crippen LogP contribution in [0, 0.1) is 10.1 Å². The fourth-order valence-electron chi connectivity index (χ4n) is 2.09. The quantitative estimate of drug-likeness (QED) is 0.192. The summed E-state index contributed by atoms with van der Waals surface area (Å²) in [6.45, 7) is 0.262. The van der Waals surface area contributed by atoms with Gasteiger partial charge in [0.05, 0.1) is 28.3 Å². The van der Waals surface area contributed by atoms with Crippen molar-refractivity contribution in [3.05, 3.63) is 56.6 Å². The lowest BCUT2D eigenvalue weighted by atomic mass is 10.2. The highest BCUT2D eigenvalue weighted by Crippen LogP contribution is 2.28. The van der Waals surface area contributed by atoms with Crippen molar-refractivity contribution >= 4 is 57.8 Å². The molecular weight excluding hydrogens is 429 g/mol. The number of non-ortho nitro benzene ring substituents is 1. The van der Waals surface area contributed by atoms with Crippen LogP contribution in [0.25, 0.3) is 0 Å². The van der Waals surface area contributed by atoms with E-state index in [4.69, 9.17) is 40.2 Å². The molecule has 0 radical (unpaired) electrons. The molecule has 28 heavy (non-hydrogen) atoms. The van der Waals surface area contributed by atoms with E-state index in [-0.39, 0.29) is 41.2 Å². The first kappa shape index (κ1) is 21.7. The van der Waals surface area contributed by atoms with E-state index in [1.54, 1.807) is 18.2 Å². The minimum Gasteiger partial charge on any atom is -0.506 e. The van der Waals surface area contributed by atoms with Crippen LogP contribution in [0.4, 0.5) is 11.4 Å². The van der Waals surface area contributed by atoms with Gasteiger partial charge in [-0.3, -0.25) is 14.9 Å². The number of hydrogen-bond acceptors (Lipinski definition) is 6. The van der Waals surface area contributed by atoms with Crippen LogP contribution in [0.3, 0.4) is 0 Å². The van der Waals surface area contributed by atoms with Gasteiger partial charge in [-0.05, 0) is 42.9 Å². The first-order valence-corrected chi connectivity index (χ1v) is 9.09. The third-order valence-corrected chi connectivity index (χ3v) is 4.13. The van der Waals surface area contributed by atoms with E-state index in [9.17, 15) is 20.0 Å². The zero-order chi connectivity index (χ0) is 20.7. The van der Waals surface area contributed by atoms with Crippen LogP contribution in [0.1, 0.15) is 12.8 Å². The topological polar surface area (TPSA) is 114 Å². The van der Waals surface area contributed by atoms with Crippen LogP contribution in [0.2, 0.25) is 10.0 Å². The van der Waals surface area contributed by atoms with Gasteiger partial charge in [-0.15, -0.1) is 0 Å². The number of nitro benzene ring substituents is 1. The summed E-state index contributed by atoms with van der Waals surface area (Å²) in [5, 5.41) is 26.3. The minimum atomic E-state index is -0.636. The summed E-state index contributed by atoms with van der Waals surface area (Å²) in [5.41, 5.74) is -0.129. The Morgan fingerprint density at radius 3 is 2.64 bits per heavy atom. The Morgan fingerprint density at radius 1 is 1.25 bits per heavy atom. The molecule has 0 aliphatic heterocycles. The van der Waals surface area contributed by atoms with Crippen molar-refractivity contribution in [3.8, 4) is 11.5 Å². The highest BCUT2D eigenvalue weighted by atomic mass is 35.5. The molecule has 0 bridgehead atoms. The summed E-state index contributed by atoms with van der Waals surface area (Å²) in [6.07, 6.45) is 0.551. The van der Waals surface area contributed by atoms with Gasteiger partial charge in [0.1, 0.15) is 11.5 Å². The Labute approximate surface area is 175 Å². The predicted octanol–water partition coefficient (Wildman–Crippen LogP) is 4.28. The lowest BCUT2D eigenvalue weighted by molar-refractivity contribution is -0.384. The van der Waals surface area contributed by atoms with Crippen LogP contribution >= 0.6 is 35.4 Å². The average molecular weight is 444 g/mol. The van der Waals surface area contributed by atoms with Crippen molar-refractivity contribution in [1.82, 2.24) is 5.32 Å². The number of benzene rings is 2. The van der Waals surface area contributed by atoms with Crippen molar-refractivity contribution in [2.24, 2.45) is 0 Å². The second-order valence-electron chi connectivity index (χ2n) is 5.49. The molecule has 148 valence electrons. The summed E-state index contributed by atoms with van der Waals surface area (Å²) in [4.78, 5) is 21.9. The molecule has 0 aliphatic carbocycles. The minimum absolute atomic E-state index is 0.0455. The van der Waals surface area contributed by atoms with E-state index < -0.39 is 4.92 Å². The number of carbonyl (C=O) groups is 1. The standard InChI is InChI=1S/C17H15Cl2N3O5S/c18-10-3-6-15(12(19)8-10)27-7-1-2-16(24)21-17(28)20-13-5-4-11(22(25)26)9-14(13)23/h3-6,8-9,23H,1-2,7H2,(H2,20,21,24,28). The lowest BCUT2D eigenvalue weighted by Gasteiger charge is -2.11. The molecule has 0 unspecified atom stereocenters. The van der Waals surface area contributed by atoms with E-state index in [1.165, 1.54) is 12.1 Å². The zero-order valence-corrected chi connectivity index (χ0v) is 16.6. The summed E-state index contributed by atoms with van der Waals surface area (Å²) < 4.78 is 5.48. The molecule has 0 saturated heterocycles. The van der Waals surface area contributed by atoms with Gasteiger partial charge in [-0.1, -0.05) is 23.2 Å². The molecular formula is C17H15Cl2N3O5S. The number of aromatic hydroxyl groups is 1. The monoisotopic (exact) mass is 443 g/mol. The number of carbonyl (C=O) groups excluding carboxylic acids is 1. The molecule has 0 spiro atoms. The average Bonchev–Trinajstić information content (AvgIpc) is 2.61. The number of phenolic OH excluding ortho intramolecular Hbond substituents is 1. The maximum atomic E-state index is 11.9. The molecule has 2 aromatic rings. The highest BCUT2D eigenvalue weighted by Gasteiger charge is 2.12. The van der Waals surface area contributed by atoms with E-state index in [0.29, 0.717) is 22.2 Å². The van der Waals surface area contributed by atoms with Gasteiger partial charge in [0.2, 0.25) is 5.91 Å². The number of anilines is 1. The number of nitrogens with zero attached hydrogens (tertiary/aromatic N) is 1. The SMILES string of the molecule is O=C(CCCOc1ccc(Cl)cc1Cl)NC(=S)Nc1ccc([N+](=O)[O-])cc1O. The van der Waals surface area contributed by atoms with Crippen molar-refractivity contribution in [2.45, 2.75) is 12.8 Å². The van der Waals surface area contributed by atoms with Crippen LogP contribution in [-0.2, 0) is 4.79 Å². The molecule has 0 fully saturated rings.